The first-order valence-corrected chi connectivity index (χ1v) is 8.67. The first-order valence-electron chi connectivity index (χ1n) is 8.67. The zero-order valence-corrected chi connectivity index (χ0v) is 14.6. The summed E-state index contributed by atoms with van der Waals surface area (Å²) >= 11 is 0. The Balaban J connectivity index is 1.98. The van der Waals surface area contributed by atoms with E-state index >= 15 is 0 Å². The molecular formula is C20H33N. The molecule has 0 radical (unpaired) electrons. The standard InChI is InChI=1S/C20H33N/c1-15-6-10-17(11-7-15)19(21-5)14-16-8-12-18(13-9-16)20(2,3)4/h8-9,12-13,15,17,19,21H,6-7,10-11,14H2,1-5H3. The van der Waals surface area contributed by atoms with Gasteiger partial charge in [-0.3, -0.25) is 0 Å². The molecule has 21 heavy (non-hydrogen) atoms. The Hall–Kier alpha value is -0.820. The van der Waals surface area contributed by atoms with Crippen LogP contribution in [0.25, 0.3) is 0 Å². The molecule has 118 valence electrons. The van der Waals surface area contributed by atoms with Crippen LogP contribution < -0.4 is 5.32 Å². The van der Waals surface area contributed by atoms with Gasteiger partial charge in [0, 0.05) is 6.04 Å². The lowest BCUT2D eigenvalue weighted by Crippen LogP contribution is -2.37. The van der Waals surface area contributed by atoms with Gasteiger partial charge in [0.1, 0.15) is 0 Å². The Morgan fingerprint density at radius 3 is 2.10 bits per heavy atom. The minimum Gasteiger partial charge on any atom is -0.316 e. The van der Waals surface area contributed by atoms with Crippen molar-refractivity contribution in [1.82, 2.24) is 5.32 Å². The molecule has 1 heteroatoms. The van der Waals surface area contributed by atoms with E-state index in [0.29, 0.717) is 6.04 Å². The third kappa shape index (κ3) is 4.57. The van der Waals surface area contributed by atoms with Gasteiger partial charge in [0.25, 0.3) is 0 Å². The summed E-state index contributed by atoms with van der Waals surface area (Å²) in [7, 11) is 2.13. The predicted molar refractivity (Wildman–Crippen MR) is 92.8 cm³/mol. The van der Waals surface area contributed by atoms with Crippen LogP contribution in [0.4, 0.5) is 0 Å². The molecule has 0 aliphatic heterocycles. The fraction of sp³-hybridized carbons (Fsp3) is 0.700. The van der Waals surface area contributed by atoms with Crippen molar-refractivity contribution in [2.45, 2.75) is 71.3 Å². The fourth-order valence-corrected chi connectivity index (χ4v) is 3.59. The molecule has 0 bridgehead atoms. The molecule has 1 aromatic carbocycles. The summed E-state index contributed by atoms with van der Waals surface area (Å²) < 4.78 is 0. The van der Waals surface area contributed by atoms with Gasteiger partial charge in [-0.05, 0) is 54.7 Å². The van der Waals surface area contributed by atoms with E-state index in [1.54, 1.807) is 0 Å². The predicted octanol–water partition coefficient (Wildman–Crippen LogP) is 4.94. The number of nitrogens with one attached hydrogen (secondary N) is 1. The van der Waals surface area contributed by atoms with Crippen molar-refractivity contribution < 1.29 is 0 Å². The largest absolute Gasteiger partial charge is 0.316 e. The van der Waals surface area contributed by atoms with Crippen LogP contribution in [-0.4, -0.2) is 13.1 Å². The lowest BCUT2D eigenvalue weighted by molar-refractivity contribution is 0.235. The number of benzene rings is 1. The highest BCUT2D eigenvalue weighted by atomic mass is 14.9. The Bertz CT molecular complexity index is 418. The molecule has 1 saturated carbocycles. The Labute approximate surface area is 131 Å². The maximum atomic E-state index is 3.58. The molecule has 1 aliphatic carbocycles. The van der Waals surface area contributed by atoms with Crippen LogP contribution in [0, 0.1) is 11.8 Å². The minimum absolute atomic E-state index is 0.250. The molecule has 1 nitrogen and oxygen atoms in total. The summed E-state index contributed by atoms with van der Waals surface area (Å²) in [6, 6.07) is 9.92. The molecule has 0 spiro atoms. The van der Waals surface area contributed by atoms with Gasteiger partial charge in [0.15, 0.2) is 0 Å². The van der Waals surface area contributed by atoms with Crippen molar-refractivity contribution in [2.75, 3.05) is 7.05 Å². The highest BCUT2D eigenvalue weighted by molar-refractivity contribution is 5.28. The van der Waals surface area contributed by atoms with Crippen LogP contribution in [0.3, 0.4) is 0 Å². The smallest absolute Gasteiger partial charge is 0.0133 e. The molecule has 1 fully saturated rings. The van der Waals surface area contributed by atoms with Crippen molar-refractivity contribution in [3.8, 4) is 0 Å². The van der Waals surface area contributed by atoms with Gasteiger partial charge in [-0.1, -0.05) is 64.8 Å². The quantitative estimate of drug-likeness (QED) is 0.827. The molecule has 0 amide bonds. The summed E-state index contributed by atoms with van der Waals surface area (Å²) in [6.45, 7) is 9.24. The molecule has 0 aromatic heterocycles. The third-order valence-corrected chi connectivity index (χ3v) is 5.28. The zero-order chi connectivity index (χ0) is 15.5. The van der Waals surface area contributed by atoms with Gasteiger partial charge in [0.05, 0.1) is 0 Å². The maximum absolute atomic E-state index is 3.58. The second kappa shape index (κ2) is 6.96. The highest BCUT2D eigenvalue weighted by Crippen LogP contribution is 2.31. The molecule has 1 aromatic rings. The highest BCUT2D eigenvalue weighted by Gasteiger charge is 2.25. The van der Waals surface area contributed by atoms with Crippen molar-refractivity contribution in [1.29, 1.82) is 0 Å². The van der Waals surface area contributed by atoms with Gasteiger partial charge in [-0.15, -0.1) is 0 Å². The summed E-state index contributed by atoms with van der Waals surface area (Å²) in [5.41, 5.74) is 3.15. The van der Waals surface area contributed by atoms with Gasteiger partial charge >= 0.3 is 0 Å². The topological polar surface area (TPSA) is 12.0 Å². The second-order valence-corrected chi connectivity index (χ2v) is 8.07. The van der Waals surface area contributed by atoms with Crippen LogP contribution in [0.1, 0.15) is 64.5 Å². The molecule has 2 rings (SSSR count). The van der Waals surface area contributed by atoms with E-state index < -0.39 is 0 Å². The summed E-state index contributed by atoms with van der Waals surface area (Å²) in [5.74, 6) is 1.79. The van der Waals surface area contributed by atoms with E-state index in [1.165, 1.54) is 43.2 Å². The Morgan fingerprint density at radius 1 is 1.05 bits per heavy atom. The number of rotatable bonds is 4. The van der Waals surface area contributed by atoms with E-state index in [1.807, 2.05) is 0 Å². The maximum Gasteiger partial charge on any atom is 0.0133 e. The van der Waals surface area contributed by atoms with Gasteiger partial charge < -0.3 is 5.32 Å². The SMILES string of the molecule is CNC(Cc1ccc(C(C)(C)C)cc1)C1CCC(C)CC1. The number of hydrogen-bond acceptors (Lipinski definition) is 1. The van der Waals surface area contributed by atoms with Crippen molar-refractivity contribution in [3.63, 3.8) is 0 Å². The van der Waals surface area contributed by atoms with Crippen LogP contribution in [0.5, 0.6) is 0 Å². The minimum atomic E-state index is 0.250. The zero-order valence-electron chi connectivity index (χ0n) is 14.6. The summed E-state index contributed by atoms with van der Waals surface area (Å²) in [6.07, 6.45) is 6.77. The van der Waals surface area contributed by atoms with Gasteiger partial charge in [0.2, 0.25) is 0 Å². The van der Waals surface area contributed by atoms with Gasteiger partial charge in [-0.25, -0.2) is 0 Å². The average Bonchev–Trinajstić information content (AvgIpc) is 2.45. The van der Waals surface area contributed by atoms with Crippen molar-refractivity contribution in [2.24, 2.45) is 11.8 Å². The summed E-state index contributed by atoms with van der Waals surface area (Å²) in [4.78, 5) is 0. The second-order valence-electron chi connectivity index (χ2n) is 8.07. The normalized spacial score (nSPS) is 24.8. The fourth-order valence-electron chi connectivity index (χ4n) is 3.59. The van der Waals surface area contributed by atoms with Crippen molar-refractivity contribution >= 4 is 0 Å². The van der Waals surface area contributed by atoms with E-state index in [9.17, 15) is 0 Å². The van der Waals surface area contributed by atoms with E-state index in [4.69, 9.17) is 0 Å². The molecule has 1 unspecified atom stereocenters. The number of likely N-dealkylation sites (N-methyl/N-ethyl adjacent to an activating group) is 1. The van der Waals surface area contributed by atoms with E-state index in [0.717, 1.165) is 11.8 Å². The average molecular weight is 287 g/mol. The van der Waals surface area contributed by atoms with Crippen LogP contribution in [-0.2, 0) is 11.8 Å². The monoisotopic (exact) mass is 287 g/mol. The lowest BCUT2D eigenvalue weighted by atomic mass is 9.77. The van der Waals surface area contributed by atoms with Crippen LogP contribution in [0.2, 0.25) is 0 Å². The molecule has 0 saturated heterocycles. The molecule has 1 N–H and O–H groups in total. The molecule has 1 aliphatic rings. The van der Waals surface area contributed by atoms with E-state index in [2.05, 4.69) is 64.3 Å². The molecular weight excluding hydrogens is 254 g/mol. The Kier molecular flexibility index (Phi) is 5.48. The molecule has 0 heterocycles. The van der Waals surface area contributed by atoms with Crippen LogP contribution in [0.15, 0.2) is 24.3 Å². The molecule has 1 atom stereocenters. The van der Waals surface area contributed by atoms with E-state index in [-0.39, 0.29) is 5.41 Å². The third-order valence-electron chi connectivity index (χ3n) is 5.28. The first kappa shape index (κ1) is 16.5. The Morgan fingerprint density at radius 2 is 1.62 bits per heavy atom. The lowest BCUT2D eigenvalue weighted by Gasteiger charge is -2.33. The van der Waals surface area contributed by atoms with Crippen molar-refractivity contribution in [3.05, 3.63) is 35.4 Å². The number of hydrogen-bond donors (Lipinski definition) is 1. The van der Waals surface area contributed by atoms with Crippen LogP contribution >= 0.6 is 0 Å². The first-order chi connectivity index (χ1) is 9.90. The summed E-state index contributed by atoms with van der Waals surface area (Å²) in [5, 5.41) is 3.58. The van der Waals surface area contributed by atoms with Gasteiger partial charge in [-0.2, -0.15) is 0 Å².